The molecule has 1 amide bonds. The average Bonchev–Trinajstić information content (AvgIpc) is 2.95. The summed E-state index contributed by atoms with van der Waals surface area (Å²) in [6.45, 7) is 6.85. The van der Waals surface area contributed by atoms with Crippen LogP contribution >= 0.6 is 0 Å². The van der Waals surface area contributed by atoms with Gasteiger partial charge in [0.25, 0.3) is 0 Å². The minimum absolute atomic E-state index is 0.166. The van der Waals surface area contributed by atoms with E-state index in [0.717, 1.165) is 29.8 Å². The number of carbonyl (C=O) groups is 1. The summed E-state index contributed by atoms with van der Waals surface area (Å²) in [7, 11) is 0. The van der Waals surface area contributed by atoms with Crippen LogP contribution in [0.3, 0.4) is 0 Å². The van der Waals surface area contributed by atoms with Crippen LogP contribution in [0, 0.1) is 0 Å². The highest BCUT2D eigenvalue weighted by atomic mass is 16.5. The fourth-order valence-electron chi connectivity index (χ4n) is 5.35. The third-order valence-corrected chi connectivity index (χ3v) is 7.63. The van der Waals surface area contributed by atoms with Crippen LogP contribution in [0.1, 0.15) is 56.0 Å². The van der Waals surface area contributed by atoms with E-state index in [9.17, 15) is 9.90 Å². The highest BCUT2D eigenvalue weighted by molar-refractivity contribution is 5.92. The second-order valence-corrected chi connectivity index (χ2v) is 11.9. The fourth-order valence-corrected chi connectivity index (χ4v) is 5.35. The Morgan fingerprint density at radius 2 is 2.14 bits per heavy atom. The molecule has 1 aromatic carbocycles. The number of fused-ring (bicyclic) bond motifs is 3. The van der Waals surface area contributed by atoms with Gasteiger partial charge >= 0.3 is 0 Å². The summed E-state index contributed by atoms with van der Waals surface area (Å²) in [6.07, 6.45) is 20.0. The Kier molecular flexibility index (Phi) is 8.66. The fraction of sp³-hybridized carbons (Fsp3) is 0.353. The molecule has 220 valence electrons. The van der Waals surface area contributed by atoms with Gasteiger partial charge in [-0.05, 0) is 63.5 Å². The van der Waals surface area contributed by atoms with Crippen molar-refractivity contribution < 1.29 is 19.4 Å². The molecule has 1 aliphatic heterocycles. The first-order valence-electron chi connectivity index (χ1n) is 14.4. The number of rotatable bonds is 11. The molecular weight excluding hydrogens is 528 g/mol. The molecule has 0 radical (unpaired) electrons. The number of pyridine rings is 1. The molecule has 2 heterocycles. The van der Waals surface area contributed by atoms with Crippen LogP contribution in [-0.4, -0.2) is 52.4 Å². The number of benzene rings is 1. The Hall–Kier alpha value is -4.14. The number of nitrogens with one attached hydrogen (secondary N) is 2. The van der Waals surface area contributed by atoms with Crippen molar-refractivity contribution in [1.29, 1.82) is 0 Å². The van der Waals surface area contributed by atoms with Crippen molar-refractivity contribution in [3.8, 4) is 11.6 Å². The van der Waals surface area contributed by atoms with Crippen molar-refractivity contribution in [1.82, 2.24) is 10.3 Å². The third kappa shape index (κ3) is 7.38. The summed E-state index contributed by atoms with van der Waals surface area (Å²) in [5, 5.41) is 17.8. The molecule has 2 aliphatic carbocycles. The van der Waals surface area contributed by atoms with Gasteiger partial charge in [0, 0.05) is 42.0 Å². The predicted molar refractivity (Wildman–Crippen MR) is 167 cm³/mol. The Morgan fingerprint density at radius 3 is 2.88 bits per heavy atom. The third-order valence-electron chi connectivity index (χ3n) is 7.63. The van der Waals surface area contributed by atoms with Gasteiger partial charge in [0.1, 0.15) is 24.1 Å². The molecule has 42 heavy (non-hydrogen) atoms. The quantitative estimate of drug-likeness (QED) is 0.298. The van der Waals surface area contributed by atoms with Crippen LogP contribution in [0.5, 0.6) is 11.6 Å². The van der Waals surface area contributed by atoms with Crippen molar-refractivity contribution in [2.75, 3.05) is 18.5 Å². The van der Waals surface area contributed by atoms with Gasteiger partial charge in [-0.15, -0.1) is 0 Å². The van der Waals surface area contributed by atoms with E-state index in [-0.39, 0.29) is 18.2 Å². The van der Waals surface area contributed by atoms with E-state index < -0.39 is 17.6 Å². The highest BCUT2D eigenvalue weighted by Gasteiger charge is 2.28. The number of amides is 1. The SMILES string of the molecule is CC(C)(CC1=CCC(C)(Oc2ccc(C(N)=O)cn2)C=C1)NC[C@H](O)COc1cccc2c1C1=CC(/C=C\C=C/C1)N2. The van der Waals surface area contributed by atoms with E-state index in [1.165, 1.54) is 17.3 Å². The molecule has 0 saturated heterocycles. The van der Waals surface area contributed by atoms with Gasteiger partial charge in [-0.1, -0.05) is 54.2 Å². The molecule has 3 aliphatic rings. The average molecular weight is 569 g/mol. The van der Waals surface area contributed by atoms with Crippen molar-refractivity contribution in [3.63, 3.8) is 0 Å². The first-order valence-corrected chi connectivity index (χ1v) is 14.4. The zero-order chi connectivity index (χ0) is 29.7. The number of aromatic nitrogens is 1. The molecule has 2 aromatic rings. The lowest BCUT2D eigenvalue weighted by molar-refractivity contribution is 0.0987. The number of nitrogens with two attached hydrogens (primary N) is 1. The predicted octanol–water partition coefficient (Wildman–Crippen LogP) is 5.10. The number of ether oxygens (including phenoxy) is 2. The first kappa shape index (κ1) is 29.4. The van der Waals surface area contributed by atoms with Gasteiger partial charge in [0.2, 0.25) is 11.8 Å². The highest BCUT2D eigenvalue weighted by Crippen LogP contribution is 2.39. The van der Waals surface area contributed by atoms with E-state index in [2.05, 4.69) is 78.1 Å². The first-order chi connectivity index (χ1) is 20.1. The normalized spacial score (nSPS) is 23.2. The molecule has 0 fully saturated rings. The second-order valence-electron chi connectivity index (χ2n) is 11.9. The number of hydrogen-bond donors (Lipinski definition) is 4. The van der Waals surface area contributed by atoms with Gasteiger partial charge in [-0.3, -0.25) is 4.79 Å². The lowest BCUT2D eigenvalue weighted by Gasteiger charge is -2.32. The van der Waals surface area contributed by atoms with Gasteiger partial charge in [-0.2, -0.15) is 0 Å². The zero-order valence-corrected chi connectivity index (χ0v) is 24.5. The molecule has 3 atom stereocenters. The van der Waals surface area contributed by atoms with Crippen LogP contribution in [-0.2, 0) is 0 Å². The number of hydrogen-bond acceptors (Lipinski definition) is 7. The smallest absolute Gasteiger partial charge is 0.250 e. The summed E-state index contributed by atoms with van der Waals surface area (Å²) in [5.41, 5.74) is 9.39. The van der Waals surface area contributed by atoms with E-state index >= 15 is 0 Å². The second kappa shape index (κ2) is 12.4. The van der Waals surface area contributed by atoms with E-state index in [1.807, 2.05) is 25.1 Å². The summed E-state index contributed by atoms with van der Waals surface area (Å²) in [4.78, 5) is 15.5. The number of anilines is 1. The van der Waals surface area contributed by atoms with Gasteiger partial charge < -0.3 is 30.9 Å². The Labute approximate surface area is 247 Å². The maximum absolute atomic E-state index is 11.3. The van der Waals surface area contributed by atoms with Crippen LogP contribution in [0.15, 0.2) is 90.7 Å². The van der Waals surface area contributed by atoms with Crippen LogP contribution in [0.4, 0.5) is 5.69 Å². The number of β-amino-alcohol motifs (C(OH)–C–C–N with tert-alkyl or cyclic N) is 1. The number of aliphatic hydroxyl groups is 1. The molecule has 0 spiro atoms. The minimum Gasteiger partial charge on any atom is -0.490 e. The summed E-state index contributed by atoms with van der Waals surface area (Å²) < 4.78 is 12.3. The van der Waals surface area contributed by atoms with Gasteiger partial charge in [0.15, 0.2) is 0 Å². The van der Waals surface area contributed by atoms with E-state index in [0.29, 0.717) is 24.4 Å². The number of primary amides is 1. The van der Waals surface area contributed by atoms with E-state index in [1.54, 1.807) is 12.1 Å². The maximum atomic E-state index is 11.3. The zero-order valence-electron chi connectivity index (χ0n) is 24.5. The molecule has 8 nitrogen and oxygen atoms in total. The van der Waals surface area contributed by atoms with Crippen LogP contribution in [0.25, 0.3) is 5.57 Å². The molecule has 2 bridgehead atoms. The molecule has 8 heteroatoms. The summed E-state index contributed by atoms with van der Waals surface area (Å²) >= 11 is 0. The van der Waals surface area contributed by atoms with Gasteiger partial charge in [-0.25, -0.2) is 4.98 Å². The Morgan fingerprint density at radius 1 is 1.29 bits per heavy atom. The molecule has 2 unspecified atom stereocenters. The largest absolute Gasteiger partial charge is 0.490 e. The number of carbonyl (C=O) groups excluding carboxylic acids is 1. The monoisotopic (exact) mass is 568 g/mol. The number of allylic oxidation sites excluding steroid dienone is 5. The number of nitrogens with zero attached hydrogens (tertiary/aromatic N) is 1. The van der Waals surface area contributed by atoms with Crippen molar-refractivity contribution in [2.45, 2.75) is 63.3 Å². The molecule has 5 N–H and O–H groups in total. The lowest BCUT2D eigenvalue weighted by atomic mass is 9.87. The minimum atomic E-state index is -0.667. The topological polar surface area (TPSA) is 119 Å². The number of aliphatic hydroxyl groups excluding tert-OH is 1. The Balaban J connectivity index is 1.11. The van der Waals surface area contributed by atoms with Crippen molar-refractivity contribution >= 4 is 17.2 Å². The summed E-state index contributed by atoms with van der Waals surface area (Å²) in [6, 6.07) is 9.46. The van der Waals surface area contributed by atoms with Crippen molar-refractivity contribution in [2.24, 2.45) is 5.73 Å². The standard InChI is InChI=1S/C34H40N4O4/c1-33(2,19-23-14-16-34(3,17-15-23)42-30-13-12-25(20-36-30)32(35)40)37-21-27(39)22-41-29-11-7-10-28-31(29)24-8-5-4-6-9-26(18-24)38-28/h4-7,9-16,18,20,26-27,37-39H,8,17,19,21-22H2,1-3H3,(H2,35,40)/b5-4-,9-6-/t26?,27-,34?/m0/s1. The molecular formula is C34H40N4O4. The Bertz CT molecular complexity index is 1450. The van der Waals surface area contributed by atoms with E-state index in [4.69, 9.17) is 15.2 Å². The summed E-state index contributed by atoms with van der Waals surface area (Å²) in [5.74, 6) is 0.701. The molecule has 5 rings (SSSR count). The van der Waals surface area contributed by atoms with Crippen LogP contribution < -0.4 is 25.8 Å². The lowest BCUT2D eigenvalue weighted by Crippen LogP contribution is -2.45. The molecule has 1 aromatic heterocycles. The molecule has 0 saturated carbocycles. The van der Waals surface area contributed by atoms with Crippen LogP contribution in [0.2, 0.25) is 0 Å². The van der Waals surface area contributed by atoms with Gasteiger partial charge in [0.05, 0.1) is 11.6 Å². The maximum Gasteiger partial charge on any atom is 0.250 e. The van der Waals surface area contributed by atoms with Crippen molar-refractivity contribution in [3.05, 3.63) is 102 Å².